The summed E-state index contributed by atoms with van der Waals surface area (Å²) in [5.74, 6) is 0. The Balaban J connectivity index is 1.14. The van der Waals surface area contributed by atoms with Gasteiger partial charge in [-0.1, -0.05) is 160 Å². The van der Waals surface area contributed by atoms with Crippen molar-refractivity contribution in [2.45, 2.75) is 90.9 Å². The highest BCUT2D eigenvalue weighted by atomic mass is 16.3. The lowest BCUT2D eigenvalue weighted by Gasteiger charge is -2.42. The summed E-state index contributed by atoms with van der Waals surface area (Å²) in [5.41, 5.74) is 26.8. The molecular formula is C62H53BN2O. The molecule has 0 N–H and O–H groups in total. The lowest BCUT2D eigenvalue weighted by atomic mass is 9.44. The third-order valence-electron chi connectivity index (χ3n) is 16.5. The molecule has 0 saturated carbocycles. The first-order valence-corrected chi connectivity index (χ1v) is 24.0. The van der Waals surface area contributed by atoms with E-state index in [9.17, 15) is 0 Å². The first-order valence-electron chi connectivity index (χ1n) is 24.0. The fraction of sp³-hybridized carbons (Fsp3) is 0.226. The average Bonchev–Trinajstić information content (AvgIpc) is 3.96. The number of aromatic nitrogens is 1. The van der Waals surface area contributed by atoms with Crippen molar-refractivity contribution < 1.29 is 4.42 Å². The van der Waals surface area contributed by atoms with E-state index >= 15 is 0 Å². The Kier molecular flexibility index (Phi) is 7.09. The smallest absolute Gasteiger partial charge is 0.333 e. The Labute approximate surface area is 387 Å². The second kappa shape index (κ2) is 12.2. The van der Waals surface area contributed by atoms with Gasteiger partial charge in [-0.05, 0) is 125 Å². The number of furan rings is 1. The minimum absolute atomic E-state index is 0.0274. The molecule has 3 nitrogen and oxygen atoms in total. The van der Waals surface area contributed by atoms with E-state index < -0.39 is 0 Å². The van der Waals surface area contributed by atoms with Crippen LogP contribution < -0.4 is 15.7 Å². The predicted octanol–water partition coefficient (Wildman–Crippen LogP) is 15.1. The van der Waals surface area contributed by atoms with Gasteiger partial charge in [-0.15, -0.1) is 0 Å². The van der Waals surface area contributed by atoms with Crippen LogP contribution in [0.4, 0.5) is 11.4 Å². The fourth-order valence-electron chi connectivity index (χ4n) is 12.9. The van der Waals surface area contributed by atoms with Crippen LogP contribution in [0.5, 0.6) is 0 Å². The van der Waals surface area contributed by atoms with Crippen molar-refractivity contribution in [3.8, 4) is 39.1 Å². The monoisotopic (exact) mass is 852 g/mol. The van der Waals surface area contributed by atoms with E-state index in [0.29, 0.717) is 0 Å². The summed E-state index contributed by atoms with van der Waals surface area (Å²) < 4.78 is 9.39. The SMILES string of the molecule is CC(C)(C)c1ccc(N2B3c4cc5c(cc4-n4c6cc7c(cc6c6ccc(c3c64)-c3cc4c(cc32)-c2cc(C(C)(C)C)ccc2C4(C)C)-c2ccccc2C7(C)C)oc2ccccc25)cc1. The Morgan fingerprint density at radius 1 is 0.455 bits per heavy atom. The molecule has 0 amide bonds. The fourth-order valence-corrected chi connectivity index (χ4v) is 12.9. The summed E-state index contributed by atoms with van der Waals surface area (Å²) >= 11 is 0. The highest BCUT2D eigenvalue weighted by Crippen LogP contribution is 2.56. The van der Waals surface area contributed by atoms with Gasteiger partial charge in [0.25, 0.3) is 0 Å². The standard InChI is InChI=1S/C62H53BN2O/c1-59(2,3)34-19-22-36(23-20-34)65-53-31-43-41-27-35(60(4,5)6)21-26-48(41)62(9,10)49(43)29-45(53)39-24-25-40-44-28-42-37-15-11-13-17-47(37)61(7,8)50(42)32-52(44)64-54-33-56-46(38-16-12-14-18-55(38)66-56)30-51(54)63(65)57(39)58(40)64/h11-33H,1-10H3. The molecule has 0 saturated heterocycles. The molecule has 4 heterocycles. The number of hydrogen-bond donors (Lipinski definition) is 0. The number of hydrogen-bond acceptors (Lipinski definition) is 2. The van der Waals surface area contributed by atoms with E-state index in [4.69, 9.17) is 4.42 Å². The van der Waals surface area contributed by atoms with Gasteiger partial charge in [-0.2, -0.15) is 0 Å². The van der Waals surface area contributed by atoms with E-state index in [1.807, 2.05) is 0 Å². The van der Waals surface area contributed by atoms with Gasteiger partial charge in [0.15, 0.2) is 0 Å². The van der Waals surface area contributed by atoms with Crippen LogP contribution in [0, 0.1) is 0 Å². The highest BCUT2D eigenvalue weighted by molar-refractivity contribution is 6.94. The van der Waals surface area contributed by atoms with Crippen molar-refractivity contribution in [1.29, 1.82) is 0 Å². The number of nitrogens with zero attached hydrogens (tertiary/aromatic N) is 2. The third kappa shape index (κ3) is 4.75. The minimum Gasteiger partial charge on any atom is -0.456 e. The molecule has 4 aliphatic rings. The van der Waals surface area contributed by atoms with Gasteiger partial charge in [0.05, 0.1) is 11.0 Å². The second-order valence-electron chi connectivity index (χ2n) is 23.0. The molecule has 0 spiro atoms. The van der Waals surface area contributed by atoms with Crippen LogP contribution in [0.2, 0.25) is 0 Å². The summed E-state index contributed by atoms with van der Waals surface area (Å²) in [6.45, 7) is 23.5. The van der Waals surface area contributed by atoms with Crippen LogP contribution >= 0.6 is 0 Å². The molecule has 66 heavy (non-hydrogen) atoms. The molecule has 0 atom stereocenters. The van der Waals surface area contributed by atoms with Gasteiger partial charge in [0.1, 0.15) is 11.2 Å². The molecule has 0 radical (unpaired) electrons. The lowest BCUT2D eigenvalue weighted by Crippen LogP contribution is -2.60. The second-order valence-corrected chi connectivity index (χ2v) is 23.0. The van der Waals surface area contributed by atoms with Crippen LogP contribution in [0.25, 0.3) is 82.8 Å². The van der Waals surface area contributed by atoms with Gasteiger partial charge in [-0.25, -0.2) is 0 Å². The lowest BCUT2D eigenvalue weighted by molar-refractivity contribution is 0.589. The number of para-hydroxylation sites is 1. The van der Waals surface area contributed by atoms with Crippen molar-refractivity contribution in [3.63, 3.8) is 0 Å². The zero-order valence-electron chi connectivity index (χ0n) is 39.7. The number of rotatable bonds is 1. The van der Waals surface area contributed by atoms with Crippen molar-refractivity contribution >= 4 is 72.9 Å². The van der Waals surface area contributed by atoms with Crippen LogP contribution in [-0.4, -0.2) is 11.4 Å². The van der Waals surface area contributed by atoms with Crippen LogP contribution in [-0.2, 0) is 21.7 Å². The van der Waals surface area contributed by atoms with Crippen LogP contribution in [0.3, 0.4) is 0 Å². The van der Waals surface area contributed by atoms with Gasteiger partial charge in [0, 0.05) is 61.1 Å². The Morgan fingerprint density at radius 2 is 1.12 bits per heavy atom. The Morgan fingerprint density at radius 3 is 1.89 bits per heavy atom. The highest BCUT2D eigenvalue weighted by Gasteiger charge is 2.47. The molecule has 0 fully saturated rings. The summed E-state index contributed by atoms with van der Waals surface area (Å²) in [4.78, 5) is 2.70. The largest absolute Gasteiger partial charge is 0.456 e. The molecule has 10 aromatic rings. The molecule has 4 heteroatoms. The molecule has 2 aliphatic carbocycles. The number of fused-ring (bicyclic) bond motifs is 17. The van der Waals surface area contributed by atoms with E-state index in [0.717, 1.165) is 21.9 Å². The maximum Gasteiger partial charge on any atom is 0.333 e. The van der Waals surface area contributed by atoms with Gasteiger partial charge in [0.2, 0.25) is 0 Å². The first kappa shape index (κ1) is 38.5. The topological polar surface area (TPSA) is 21.3 Å². The first-order chi connectivity index (χ1) is 31.5. The summed E-state index contributed by atoms with van der Waals surface area (Å²) in [6, 6.07) is 54.3. The van der Waals surface area contributed by atoms with Gasteiger partial charge in [-0.3, -0.25) is 0 Å². The third-order valence-corrected chi connectivity index (χ3v) is 16.5. The Hall–Kier alpha value is -6.78. The summed E-state index contributed by atoms with van der Waals surface area (Å²) in [7, 11) is 0. The molecule has 8 aromatic carbocycles. The normalized spacial score (nSPS) is 15.9. The van der Waals surface area contributed by atoms with E-state index in [2.05, 4.69) is 218 Å². The molecule has 0 bridgehead atoms. The maximum absolute atomic E-state index is 6.77. The average molecular weight is 853 g/mol. The molecule has 320 valence electrons. The van der Waals surface area contributed by atoms with E-state index in [-0.39, 0.29) is 28.5 Å². The molecule has 2 aliphatic heterocycles. The van der Waals surface area contributed by atoms with E-state index in [1.54, 1.807) is 0 Å². The Bertz CT molecular complexity index is 3840. The van der Waals surface area contributed by atoms with Crippen molar-refractivity contribution in [3.05, 3.63) is 173 Å². The molecular weight excluding hydrogens is 800 g/mol. The van der Waals surface area contributed by atoms with E-state index in [1.165, 1.54) is 117 Å². The quantitative estimate of drug-likeness (QED) is 0.153. The van der Waals surface area contributed by atoms with Crippen LogP contribution in [0.1, 0.15) is 103 Å². The maximum atomic E-state index is 6.77. The molecule has 2 aromatic heterocycles. The van der Waals surface area contributed by atoms with Crippen molar-refractivity contribution in [2.75, 3.05) is 4.81 Å². The zero-order valence-corrected chi connectivity index (χ0v) is 39.7. The predicted molar refractivity (Wildman–Crippen MR) is 280 cm³/mol. The van der Waals surface area contributed by atoms with Crippen molar-refractivity contribution in [1.82, 2.24) is 4.57 Å². The van der Waals surface area contributed by atoms with Crippen molar-refractivity contribution in [2.24, 2.45) is 0 Å². The minimum atomic E-state index is -0.160. The molecule has 14 rings (SSSR count). The van der Waals surface area contributed by atoms with Crippen LogP contribution in [0.15, 0.2) is 144 Å². The summed E-state index contributed by atoms with van der Waals surface area (Å²) in [6.07, 6.45) is 0. The molecule has 0 unspecified atom stereocenters. The number of benzene rings is 8. The number of anilines is 2. The van der Waals surface area contributed by atoms with Gasteiger partial charge < -0.3 is 13.8 Å². The van der Waals surface area contributed by atoms with Gasteiger partial charge >= 0.3 is 6.85 Å². The summed E-state index contributed by atoms with van der Waals surface area (Å²) in [5, 5.41) is 4.90. The zero-order chi connectivity index (χ0) is 45.1.